The number of nitrogens with zero attached hydrogens (tertiary/aromatic N) is 5. The number of alkyl halides is 2. The molecule has 0 unspecified atom stereocenters. The molecule has 0 saturated carbocycles. The van der Waals surface area contributed by atoms with Crippen LogP contribution in [0.2, 0.25) is 0 Å². The number of aryl methyl sites for hydroxylation is 1. The molecule has 2 aliphatic heterocycles. The third-order valence-electron chi connectivity index (χ3n) is 6.46. The number of anilines is 2. The summed E-state index contributed by atoms with van der Waals surface area (Å²) in [4.78, 5) is 31.8. The van der Waals surface area contributed by atoms with E-state index < -0.39 is 6.93 Å². The largest absolute Gasteiger partial charge is 0.379 e. The lowest BCUT2D eigenvalue weighted by Gasteiger charge is -2.23. The molecule has 0 atom stereocenters. The molecule has 240 valence electrons. The van der Waals surface area contributed by atoms with Crippen LogP contribution in [0.1, 0.15) is 51.7 Å². The van der Waals surface area contributed by atoms with Gasteiger partial charge in [0.2, 0.25) is 19.2 Å². The second kappa shape index (κ2) is 22.0. The number of likely N-dealkylation sites (tertiary alicyclic amines) is 1. The van der Waals surface area contributed by atoms with Crippen molar-refractivity contribution >= 4 is 34.7 Å². The first-order valence-electron chi connectivity index (χ1n) is 15.0. The van der Waals surface area contributed by atoms with E-state index in [2.05, 4.69) is 20.7 Å². The Morgan fingerprint density at radius 1 is 1.12 bits per heavy atom. The van der Waals surface area contributed by atoms with Crippen LogP contribution in [0.5, 0.6) is 0 Å². The molecule has 2 aliphatic rings. The molecule has 10 nitrogen and oxygen atoms in total. The van der Waals surface area contributed by atoms with Gasteiger partial charge >= 0.3 is 0 Å². The Morgan fingerprint density at radius 2 is 1.77 bits per heavy atom. The van der Waals surface area contributed by atoms with E-state index in [1.807, 2.05) is 70.8 Å². The maximum absolute atomic E-state index is 12.4. The molecule has 0 bridgehead atoms. The highest BCUT2D eigenvalue weighted by Gasteiger charge is 2.20. The van der Waals surface area contributed by atoms with Crippen LogP contribution in [-0.4, -0.2) is 89.7 Å². The van der Waals surface area contributed by atoms with E-state index in [9.17, 15) is 18.4 Å². The maximum Gasteiger partial charge on any atom is 0.242 e. The smallest absolute Gasteiger partial charge is 0.242 e. The van der Waals surface area contributed by atoms with Crippen LogP contribution in [0.3, 0.4) is 0 Å². The zero-order chi connectivity index (χ0) is 32.0. The van der Waals surface area contributed by atoms with Gasteiger partial charge in [-0.3, -0.25) is 14.3 Å². The number of amides is 2. The van der Waals surface area contributed by atoms with E-state index in [1.165, 1.54) is 4.90 Å². The van der Waals surface area contributed by atoms with Gasteiger partial charge in [0.1, 0.15) is 0 Å². The molecule has 2 fully saturated rings. The summed E-state index contributed by atoms with van der Waals surface area (Å²) in [6, 6.07) is 7.94. The summed E-state index contributed by atoms with van der Waals surface area (Å²) in [6.45, 7) is 14.2. The Morgan fingerprint density at radius 3 is 2.33 bits per heavy atom. The predicted octanol–water partition coefficient (Wildman–Crippen LogP) is 5.14. The van der Waals surface area contributed by atoms with Gasteiger partial charge < -0.3 is 25.2 Å². The van der Waals surface area contributed by atoms with Crippen molar-refractivity contribution in [2.75, 3.05) is 58.2 Å². The molecular formula is C31H49F2N7O3. The van der Waals surface area contributed by atoms with E-state index >= 15 is 0 Å². The molecule has 2 N–H and O–H groups in total. The van der Waals surface area contributed by atoms with Crippen LogP contribution < -0.4 is 10.6 Å². The number of halogens is 2. The highest BCUT2D eigenvalue weighted by Crippen LogP contribution is 2.25. The Kier molecular flexibility index (Phi) is 19.1. The van der Waals surface area contributed by atoms with Crippen LogP contribution in [0.4, 0.5) is 20.2 Å². The quantitative estimate of drug-likeness (QED) is 0.359. The molecule has 0 radical (unpaired) electrons. The second-order valence-corrected chi connectivity index (χ2v) is 9.18. The first kappa shape index (κ1) is 37.4. The van der Waals surface area contributed by atoms with Gasteiger partial charge in [-0.2, -0.15) is 5.10 Å². The first-order valence-corrected chi connectivity index (χ1v) is 15.0. The maximum atomic E-state index is 12.4. The lowest BCUT2D eigenvalue weighted by molar-refractivity contribution is -0.135. The number of pyridine rings is 1. The van der Waals surface area contributed by atoms with Gasteiger partial charge in [-0.15, -0.1) is 0 Å². The number of rotatable bonds is 7. The minimum atomic E-state index is -1.75. The van der Waals surface area contributed by atoms with E-state index in [4.69, 9.17) is 4.74 Å². The van der Waals surface area contributed by atoms with E-state index in [-0.39, 0.29) is 12.5 Å². The number of ether oxygens (including phenoxy) is 1. The zero-order valence-electron chi connectivity index (χ0n) is 26.5. The fraction of sp³-hybridized carbons (Fsp3) is 0.548. The first-order chi connectivity index (χ1) is 21.0. The molecule has 2 aromatic heterocycles. The summed E-state index contributed by atoms with van der Waals surface area (Å²) in [5.74, 6) is 0.0161. The topological polar surface area (TPSA) is 105 Å². The van der Waals surface area contributed by atoms with Crippen LogP contribution in [0.25, 0.3) is 11.0 Å². The zero-order valence-corrected chi connectivity index (χ0v) is 26.5. The number of morpholine rings is 1. The molecule has 0 aliphatic carbocycles. The van der Waals surface area contributed by atoms with Gasteiger partial charge in [0.15, 0.2) is 5.65 Å². The van der Waals surface area contributed by atoms with Crippen molar-refractivity contribution in [1.82, 2.24) is 29.9 Å². The minimum Gasteiger partial charge on any atom is -0.379 e. The Balaban J connectivity index is 0.000000602. The SMILES string of the molecule is C1COCCN1.CC.CC.Cc1c(CN(C=O)CC(=O)N2CCCC2)cccc1Nc1cnc2c(cnn2C)c1.FCF. The van der Waals surface area contributed by atoms with Gasteiger partial charge in [-0.1, -0.05) is 39.8 Å². The summed E-state index contributed by atoms with van der Waals surface area (Å²) >= 11 is 0. The van der Waals surface area contributed by atoms with Crippen molar-refractivity contribution in [3.05, 3.63) is 47.8 Å². The molecule has 2 saturated heterocycles. The third kappa shape index (κ3) is 12.6. The fourth-order valence-corrected chi connectivity index (χ4v) is 4.36. The highest BCUT2D eigenvalue weighted by atomic mass is 19.3. The Labute approximate surface area is 254 Å². The molecule has 4 heterocycles. The normalized spacial score (nSPS) is 13.5. The van der Waals surface area contributed by atoms with Gasteiger partial charge in [0, 0.05) is 50.8 Å². The number of carbonyl (C=O) groups is 2. The van der Waals surface area contributed by atoms with E-state index in [0.717, 1.165) is 92.2 Å². The summed E-state index contributed by atoms with van der Waals surface area (Å²) < 4.78 is 26.0. The van der Waals surface area contributed by atoms with E-state index in [1.54, 1.807) is 17.1 Å². The minimum absolute atomic E-state index is 0.0161. The number of hydrogen-bond acceptors (Lipinski definition) is 7. The standard InChI is InChI=1S/C22H26N6O2.C4H9NO.2C2H6.CH2F2/c1-16-17(13-27(15-29)14-21(30)28-8-3-4-9-28)6-5-7-20(16)25-19-10-18-11-24-26(2)22(18)23-12-19;1-3-6-4-2-5-1;2*1-2;2-1-3/h5-7,10-12,15,25H,3-4,8-9,13-14H2,1-2H3;5H,1-4H2;2*1-2H3;1H2. The average molecular weight is 606 g/mol. The summed E-state index contributed by atoms with van der Waals surface area (Å²) in [5.41, 5.74) is 4.66. The monoisotopic (exact) mass is 605 g/mol. The number of carbonyl (C=O) groups excluding carboxylic acids is 2. The van der Waals surface area contributed by atoms with Crippen molar-refractivity contribution in [1.29, 1.82) is 0 Å². The average Bonchev–Trinajstić information content (AvgIpc) is 3.73. The van der Waals surface area contributed by atoms with Crippen LogP contribution in [-0.2, 0) is 27.9 Å². The molecule has 0 spiro atoms. The Bertz CT molecular complexity index is 1190. The molecule has 3 aromatic rings. The second-order valence-electron chi connectivity index (χ2n) is 9.18. The van der Waals surface area contributed by atoms with Gasteiger partial charge in [-0.05, 0) is 43.0 Å². The molecular weight excluding hydrogens is 556 g/mol. The fourth-order valence-electron chi connectivity index (χ4n) is 4.36. The molecule has 5 rings (SSSR count). The highest BCUT2D eigenvalue weighted by molar-refractivity contribution is 5.81. The van der Waals surface area contributed by atoms with Crippen LogP contribution in [0, 0.1) is 6.92 Å². The van der Waals surface area contributed by atoms with Crippen molar-refractivity contribution < 1.29 is 23.1 Å². The number of benzene rings is 1. The third-order valence-corrected chi connectivity index (χ3v) is 6.46. The number of fused-ring (bicyclic) bond motifs is 1. The van der Waals surface area contributed by atoms with Gasteiger partial charge in [0.05, 0.1) is 37.8 Å². The van der Waals surface area contributed by atoms with Gasteiger partial charge in [0.25, 0.3) is 0 Å². The molecule has 43 heavy (non-hydrogen) atoms. The van der Waals surface area contributed by atoms with Crippen LogP contribution in [0.15, 0.2) is 36.7 Å². The van der Waals surface area contributed by atoms with Crippen molar-refractivity contribution in [3.8, 4) is 0 Å². The summed E-state index contributed by atoms with van der Waals surface area (Å²) in [7, 11) is 1.86. The predicted molar refractivity (Wildman–Crippen MR) is 169 cm³/mol. The summed E-state index contributed by atoms with van der Waals surface area (Å²) in [5, 5.41) is 11.8. The van der Waals surface area contributed by atoms with Crippen molar-refractivity contribution in [2.24, 2.45) is 7.05 Å². The number of aromatic nitrogens is 3. The lowest BCUT2D eigenvalue weighted by Crippen LogP contribution is -2.38. The lowest BCUT2D eigenvalue weighted by atomic mass is 10.1. The van der Waals surface area contributed by atoms with Crippen molar-refractivity contribution in [3.63, 3.8) is 0 Å². The van der Waals surface area contributed by atoms with Gasteiger partial charge in [-0.25, -0.2) is 13.8 Å². The van der Waals surface area contributed by atoms with Crippen molar-refractivity contribution in [2.45, 2.75) is 54.0 Å². The molecule has 12 heteroatoms. The van der Waals surface area contributed by atoms with Crippen LogP contribution >= 0.6 is 0 Å². The molecule has 1 aromatic carbocycles. The number of hydrogen-bond donors (Lipinski definition) is 2. The Hall–Kier alpha value is -3.64. The molecule has 2 amide bonds. The van der Waals surface area contributed by atoms with E-state index in [0.29, 0.717) is 6.54 Å². The summed E-state index contributed by atoms with van der Waals surface area (Å²) in [6.07, 6.45) is 6.41. The number of nitrogens with one attached hydrogen (secondary N) is 2.